The minimum absolute atomic E-state index is 0.866. The van der Waals surface area contributed by atoms with E-state index >= 15 is 0 Å². The first-order valence-electron chi connectivity index (χ1n) is 9.35. The Hall–Kier alpha value is -0.860. The van der Waals surface area contributed by atoms with Crippen LogP contribution in [-0.2, 0) is 6.42 Å². The molecule has 0 spiro atoms. The van der Waals surface area contributed by atoms with Crippen LogP contribution in [0.2, 0.25) is 0 Å². The van der Waals surface area contributed by atoms with Crippen LogP contribution in [0.25, 0.3) is 0 Å². The van der Waals surface area contributed by atoms with Gasteiger partial charge in [0.1, 0.15) is 0 Å². The highest BCUT2D eigenvalue weighted by Crippen LogP contribution is 2.26. The highest BCUT2D eigenvalue weighted by molar-refractivity contribution is 5.15. The summed E-state index contributed by atoms with van der Waals surface area (Å²) in [7, 11) is 0. The van der Waals surface area contributed by atoms with Crippen LogP contribution in [0.15, 0.2) is 30.3 Å². The number of nitrogens with zero attached hydrogens (tertiary/aromatic N) is 2. The van der Waals surface area contributed by atoms with Gasteiger partial charge >= 0.3 is 0 Å². The number of piperidine rings is 2. The molecule has 22 heavy (non-hydrogen) atoms. The Morgan fingerprint density at radius 1 is 0.909 bits per heavy atom. The first kappa shape index (κ1) is 16.0. The van der Waals surface area contributed by atoms with E-state index in [1.807, 2.05) is 0 Å². The van der Waals surface area contributed by atoms with Gasteiger partial charge in [-0.2, -0.15) is 0 Å². The van der Waals surface area contributed by atoms with Crippen molar-refractivity contribution in [2.75, 3.05) is 32.7 Å². The maximum Gasteiger partial charge on any atom is 0.0120 e. The Balaban J connectivity index is 1.40. The van der Waals surface area contributed by atoms with Crippen molar-refractivity contribution in [3.8, 4) is 0 Å². The van der Waals surface area contributed by atoms with Crippen molar-refractivity contribution < 1.29 is 0 Å². The highest BCUT2D eigenvalue weighted by Gasteiger charge is 2.27. The largest absolute Gasteiger partial charge is 0.303 e. The molecule has 2 heteroatoms. The van der Waals surface area contributed by atoms with E-state index in [1.54, 1.807) is 0 Å². The summed E-state index contributed by atoms with van der Waals surface area (Å²) < 4.78 is 0. The summed E-state index contributed by atoms with van der Waals surface area (Å²) >= 11 is 0. The average molecular weight is 300 g/mol. The van der Waals surface area contributed by atoms with E-state index in [1.165, 1.54) is 76.8 Å². The van der Waals surface area contributed by atoms with E-state index in [2.05, 4.69) is 47.1 Å². The zero-order chi connectivity index (χ0) is 15.2. The monoisotopic (exact) mass is 300 g/mol. The number of rotatable bonds is 5. The second-order valence-electron chi connectivity index (χ2n) is 7.24. The molecule has 122 valence electrons. The third-order valence-electron chi connectivity index (χ3n) is 5.63. The molecule has 0 aliphatic carbocycles. The Morgan fingerprint density at radius 2 is 1.59 bits per heavy atom. The van der Waals surface area contributed by atoms with Crippen molar-refractivity contribution >= 4 is 0 Å². The van der Waals surface area contributed by atoms with E-state index in [9.17, 15) is 0 Å². The molecule has 0 unspecified atom stereocenters. The van der Waals surface area contributed by atoms with E-state index in [0.29, 0.717) is 0 Å². The summed E-state index contributed by atoms with van der Waals surface area (Å²) in [6.45, 7) is 8.90. The molecular weight excluding hydrogens is 268 g/mol. The molecule has 2 nitrogen and oxygen atoms in total. The third-order valence-corrected chi connectivity index (χ3v) is 5.63. The molecule has 1 aromatic rings. The molecule has 0 bridgehead atoms. The van der Waals surface area contributed by atoms with Gasteiger partial charge in [-0.15, -0.1) is 0 Å². The fraction of sp³-hybridized carbons (Fsp3) is 0.700. The van der Waals surface area contributed by atoms with Gasteiger partial charge in [0, 0.05) is 6.04 Å². The molecule has 3 rings (SSSR count). The fourth-order valence-corrected chi connectivity index (χ4v) is 4.29. The lowest BCUT2D eigenvalue weighted by atomic mass is 9.88. The maximum absolute atomic E-state index is 2.80. The number of hydrogen-bond donors (Lipinski definition) is 0. The number of likely N-dealkylation sites (tertiary alicyclic amines) is 2. The van der Waals surface area contributed by atoms with Gasteiger partial charge in [0.25, 0.3) is 0 Å². The fourth-order valence-electron chi connectivity index (χ4n) is 4.29. The van der Waals surface area contributed by atoms with Crippen molar-refractivity contribution in [1.29, 1.82) is 0 Å². The van der Waals surface area contributed by atoms with Crippen LogP contribution in [0.4, 0.5) is 0 Å². The Bertz CT molecular complexity index is 415. The molecular formula is C20H32N2. The third kappa shape index (κ3) is 4.33. The second kappa shape index (κ2) is 8.12. The number of benzene rings is 1. The molecule has 0 saturated carbocycles. The Labute approximate surface area is 136 Å². The highest BCUT2D eigenvalue weighted by atomic mass is 15.2. The molecule has 2 aliphatic rings. The molecule has 0 aromatic heterocycles. The van der Waals surface area contributed by atoms with Crippen molar-refractivity contribution in [2.24, 2.45) is 5.92 Å². The predicted octanol–water partition coefficient (Wildman–Crippen LogP) is 3.82. The van der Waals surface area contributed by atoms with Gasteiger partial charge in [-0.25, -0.2) is 0 Å². The second-order valence-corrected chi connectivity index (χ2v) is 7.24. The summed E-state index contributed by atoms with van der Waals surface area (Å²) in [4.78, 5) is 5.45. The quantitative estimate of drug-likeness (QED) is 0.816. The van der Waals surface area contributed by atoms with Gasteiger partial charge in [-0.3, -0.25) is 0 Å². The van der Waals surface area contributed by atoms with Crippen LogP contribution in [0.3, 0.4) is 0 Å². The Morgan fingerprint density at radius 3 is 2.23 bits per heavy atom. The molecule has 2 fully saturated rings. The van der Waals surface area contributed by atoms with Crippen molar-refractivity contribution in [3.05, 3.63) is 35.9 Å². The van der Waals surface area contributed by atoms with Gasteiger partial charge in [-0.05, 0) is 82.7 Å². The first-order valence-corrected chi connectivity index (χ1v) is 9.35. The average Bonchev–Trinajstić information content (AvgIpc) is 2.58. The lowest BCUT2D eigenvalue weighted by Gasteiger charge is -2.42. The normalized spacial score (nSPS) is 23.0. The zero-order valence-electron chi connectivity index (χ0n) is 14.2. The summed E-state index contributed by atoms with van der Waals surface area (Å²) in [6, 6.07) is 11.9. The summed E-state index contributed by atoms with van der Waals surface area (Å²) in [6.07, 6.45) is 8.15. The zero-order valence-corrected chi connectivity index (χ0v) is 14.2. The van der Waals surface area contributed by atoms with Gasteiger partial charge in [-0.1, -0.05) is 37.3 Å². The summed E-state index contributed by atoms with van der Waals surface area (Å²) in [5, 5.41) is 0. The van der Waals surface area contributed by atoms with Gasteiger partial charge in [0.15, 0.2) is 0 Å². The smallest absolute Gasteiger partial charge is 0.0120 e. The molecule has 2 heterocycles. The minimum atomic E-state index is 0.866. The standard InChI is InChI=1S/C20H32N2/c1-2-12-21-13-10-20(11-14-21)22-15-8-19(9-16-22)17-18-6-4-3-5-7-18/h3-7,19-20H,2,8-17H2,1H3. The SMILES string of the molecule is CCCN1CCC(N2CCC(Cc3ccccc3)CC2)CC1. The first-order chi connectivity index (χ1) is 10.8. The molecule has 0 radical (unpaired) electrons. The van der Waals surface area contributed by atoms with E-state index in [0.717, 1.165) is 12.0 Å². The van der Waals surface area contributed by atoms with Crippen molar-refractivity contribution in [1.82, 2.24) is 9.80 Å². The minimum Gasteiger partial charge on any atom is -0.303 e. The Kier molecular flexibility index (Phi) is 5.91. The summed E-state index contributed by atoms with van der Waals surface area (Å²) in [5.41, 5.74) is 1.52. The lowest BCUT2D eigenvalue weighted by Crippen LogP contribution is -2.48. The van der Waals surface area contributed by atoms with E-state index in [4.69, 9.17) is 0 Å². The molecule has 0 N–H and O–H groups in total. The molecule has 1 aromatic carbocycles. The topological polar surface area (TPSA) is 6.48 Å². The maximum atomic E-state index is 2.80. The van der Waals surface area contributed by atoms with Crippen molar-refractivity contribution in [3.63, 3.8) is 0 Å². The van der Waals surface area contributed by atoms with Crippen LogP contribution in [-0.4, -0.2) is 48.6 Å². The molecule has 2 saturated heterocycles. The lowest BCUT2D eigenvalue weighted by molar-refractivity contribution is 0.0777. The van der Waals surface area contributed by atoms with Crippen LogP contribution in [0, 0.1) is 5.92 Å². The van der Waals surface area contributed by atoms with Gasteiger partial charge < -0.3 is 9.80 Å². The summed E-state index contributed by atoms with van der Waals surface area (Å²) in [5.74, 6) is 0.902. The molecule has 0 amide bonds. The van der Waals surface area contributed by atoms with Crippen LogP contribution < -0.4 is 0 Å². The van der Waals surface area contributed by atoms with Crippen LogP contribution >= 0.6 is 0 Å². The molecule has 0 atom stereocenters. The van der Waals surface area contributed by atoms with Crippen LogP contribution in [0.5, 0.6) is 0 Å². The predicted molar refractivity (Wildman–Crippen MR) is 94.2 cm³/mol. The van der Waals surface area contributed by atoms with Crippen molar-refractivity contribution in [2.45, 2.75) is 51.5 Å². The molecule has 2 aliphatic heterocycles. The van der Waals surface area contributed by atoms with E-state index in [-0.39, 0.29) is 0 Å². The van der Waals surface area contributed by atoms with Gasteiger partial charge in [0.05, 0.1) is 0 Å². The van der Waals surface area contributed by atoms with E-state index < -0.39 is 0 Å². The van der Waals surface area contributed by atoms with Gasteiger partial charge in [0.2, 0.25) is 0 Å². The number of hydrogen-bond acceptors (Lipinski definition) is 2. The van der Waals surface area contributed by atoms with Crippen LogP contribution in [0.1, 0.15) is 44.6 Å².